The Morgan fingerprint density at radius 3 is 2.09 bits per heavy atom. The third kappa shape index (κ3) is 4.81. The fourth-order valence-electron chi connectivity index (χ4n) is 3.02. The van der Waals surface area contributed by atoms with Gasteiger partial charge in [-0.3, -0.25) is 13.9 Å². The zero-order chi connectivity index (χ0) is 23.4. The minimum atomic E-state index is -3.93. The molecule has 0 aliphatic heterocycles. The van der Waals surface area contributed by atoms with Crippen molar-refractivity contribution in [2.24, 2.45) is 0 Å². The summed E-state index contributed by atoms with van der Waals surface area (Å²) in [5, 5.41) is 6.95. The van der Waals surface area contributed by atoms with Crippen molar-refractivity contribution in [3.63, 3.8) is 0 Å². The van der Waals surface area contributed by atoms with Gasteiger partial charge in [0.15, 0.2) is 5.76 Å². The number of para-hydroxylation sites is 1. The molecule has 0 aliphatic rings. The summed E-state index contributed by atoms with van der Waals surface area (Å²) >= 11 is 1.04. The number of anilines is 3. The number of benzene rings is 2. The molecule has 2 aromatic heterocycles. The fourth-order valence-corrected chi connectivity index (χ4v) is 5.51. The van der Waals surface area contributed by atoms with Crippen LogP contribution in [0.15, 0.2) is 93.8 Å². The number of nitrogens with one attached hydrogen (secondary N) is 2. The van der Waals surface area contributed by atoms with Crippen LogP contribution in [0.25, 0.3) is 0 Å². The number of thiophene rings is 1. The highest BCUT2D eigenvalue weighted by molar-refractivity contribution is 7.93. The average Bonchev–Trinajstić information content (AvgIpc) is 3.53. The molecule has 0 spiro atoms. The van der Waals surface area contributed by atoms with Crippen LogP contribution in [0, 0.1) is 0 Å². The molecule has 2 N–H and O–H groups in total. The molecule has 4 rings (SSSR count). The summed E-state index contributed by atoms with van der Waals surface area (Å²) in [4.78, 5) is 24.9. The Morgan fingerprint density at radius 1 is 0.848 bits per heavy atom. The summed E-state index contributed by atoms with van der Waals surface area (Å²) < 4.78 is 32.4. The second-order valence-corrected chi connectivity index (χ2v) is 9.74. The number of sulfonamides is 1. The van der Waals surface area contributed by atoms with E-state index in [1.165, 1.54) is 19.4 Å². The molecule has 0 bridgehead atoms. The second-order valence-electron chi connectivity index (χ2n) is 6.88. The first-order chi connectivity index (χ1) is 15.9. The third-order valence-electron chi connectivity index (χ3n) is 4.74. The van der Waals surface area contributed by atoms with Crippen molar-refractivity contribution in [2.45, 2.75) is 4.90 Å². The van der Waals surface area contributed by atoms with Crippen LogP contribution in [0.4, 0.5) is 17.1 Å². The van der Waals surface area contributed by atoms with Gasteiger partial charge < -0.3 is 15.1 Å². The van der Waals surface area contributed by atoms with Crippen LogP contribution in [0.1, 0.15) is 20.2 Å². The monoisotopic (exact) mass is 481 g/mol. The Balaban J connectivity index is 1.48. The quantitative estimate of drug-likeness (QED) is 0.399. The van der Waals surface area contributed by atoms with Gasteiger partial charge in [-0.2, -0.15) is 0 Å². The maximum absolute atomic E-state index is 13.1. The first kappa shape index (κ1) is 22.3. The molecule has 0 unspecified atom stereocenters. The maximum Gasteiger partial charge on any atom is 0.291 e. The van der Waals surface area contributed by atoms with Gasteiger partial charge in [0.2, 0.25) is 0 Å². The zero-order valence-corrected chi connectivity index (χ0v) is 19.0. The highest BCUT2D eigenvalue weighted by atomic mass is 32.2. The number of hydrogen-bond acceptors (Lipinski definition) is 6. The number of hydrogen-bond donors (Lipinski definition) is 2. The molecule has 0 aliphatic carbocycles. The number of furan rings is 1. The highest BCUT2D eigenvalue weighted by Crippen LogP contribution is 2.28. The van der Waals surface area contributed by atoms with E-state index < -0.39 is 21.8 Å². The maximum atomic E-state index is 13.1. The van der Waals surface area contributed by atoms with E-state index in [1.807, 2.05) is 0 Å². The number of amides is 2. The van der Waals surface area contributed by atoms with Crippen LogP contribution in [0.5, 0.6) is 0 Å². The topological polar surface area (TPSA) is 109 Å². The number of carbonyl (C=O) groups excluding carboxylic acids is 2. The molecule has 8 nitrogen and oxygen atoms in total. The van der Waals surface area contributed by atoms with Gasteiger partial charge in [0.1, 0.15) is 9.77 Å². The van der Waals surface area contributed by atoms with Crippen molar-refractivity contribution in [3.05, 3.63) is 95.1 Å². The summed E-state index contributed by atoms with van der Waals surface area (Å²) in [5.41, 5.74) is 1.45. The van der Waals surface area contributed by atoms with Crippen molar-refractivity contribution in [3.8, 4) is 0 Å². The van der Waals surface area contributed by atoms with Gasteiger partial charge in [-0.25, -0.2) is 8.42 Å². The van der Waals surface area contributed by atoms with E-state index in [2.05, 4.69) is 10.6 Å². The number of rotatable bonds is 7. The smallest absolute Gasteiger partial charge is 0.291 e. The first-order valence-electron chi connectivity index (χ1n) is 9.74. The van der Waals surface area contributed by atoms with Crippen LogP contribution < -0.4 is 14.9 Å². The predicted molar refractivity (Wildman–Crippen MR) is 127 cm³/mol. The van der Waals surface area contributed by atoms with E-state index in [0.29, 0.717) is 17.1 Å². The van der Waals surface area contributed by atoms with Gasteiger partial charge in [0.05, 0.1) is 12.0 Å². The molecule has 0 fully saturated rings. The molecule has 4 aromatic rings. The van der Waals surface area contributed by atoms with Gasteiger partial charge in [-0.05, 0) is 60.0 Å². The summed E-state index contributed by atoms with van der Waals surface area (Å²) in [6.45, 7) is 0. The second kappa shape index (κ2) is 9.31. The van der Waals surface area contributed by atoms with E-state index >= 15 is 0 Å². The average molecular weight is 482 g/mol. The largest absolute Gasteiger partial charge is 0.459 e. The molecule has 0 radical (unpaired) electrons. The van der Waals surface area contributed by atoms with Crippen molar-refractivity contribution < 1.29 is 22.4 Å². The molecule has 0 saturated carbocycles. The minimum absolute atomic E-state index is 0.0707. The van der Waals surface area contributed by atoms with Crippen molar-refractivity contribution in [2.75, 3.05) is 22.0 Å². The Morgan fingerprint density at radius 2 is 1.48 bits per heavy atom. The lowest BCUT2D eigenvalue weighted by molar-refractivity contribution is 0.0994. The normalized spacial score (nSPS) is 11.1. The molecule has 0 atom stereocenters. The van der Waals surface area contributed by atoms with Crippen LogP contribution in [-0.2, 0) is 10.0 Å². The molecule has 0 saturated heterocycles. The van der Waals surface area contributed by atoms with Gasteiger partial charge in [0.25, 0.3) is 21.8 Å². The molecule has 33 heavy (non-hydrogen) atoms. The van der Waals surface area contributed by atoms with E-state index in [0.717, 1.165) is 15.6 Å². The molecule has 2 heterocycles. The van der Waals surface area contributed by atoms with Crippen LogP contribution in [0.3, 0.4) is 0 Å². The van der Waals surface area contributed by atoms with Gasteiger partial charge in [-0.1, -0.05) is 18.2 Å². The Bertz CT molecular complexity index is 1360. The molecule has 10 heteroatoms. The SMILES string of the molecule is CN(c1ccccc1)S(=O)(=O)c1ccsc1C(=O)Nc1ccc(NC(=O)c2ccco2)cc1. The lowest BCUT2D eigenvalue weighted by Crippen LogP contribution is -2.28. The van der Waals surface area contributed by atoms with Crippen molar-refractivity contribution in [1.29, 1.82) is 0 Å². The molecule has 2 amide bonds. The summed E-state index contributed by atoms with van der Waals surface area (Å²) in [6.07, 6.45) is 1.41. The summed E-state index contributed by atoms with van der Waals surface area (Å²) in [6, 6.07) is 19.6. The molecule has 2 aromatic carbocycles. The van der Waals surface area contributed by atoms with Crippen molar-refractivity contribution in [1.82, 2.24) is 0 Å². The van der Waals surface area contributed by atoms with E-state index in [4.69, 9.17) is 4.42 Å². The summed E-state index contributed by atoms with van der Waals surface area (Å²) in [7, 11) is -2.49. The Kier molecular flexibility index (Phi) is 6.29. The van der Waals surface area contributed by atoms with Crippen LogP contribution in [-0.4, -0.2) is 27.3 Å². The Hall–Kier alpha value is -3.89. The highest BCUT2D eigenvalue weighted by Gasteiger charge is 2.28. The predicted octanol–water partition coefficient (Wildman–Crippen LogP) is 4.67. The lowest BCUT2D eigenvalue weighted by atomic mass is 10.2. The van der Waals surface area contributed by atoms with Gasteiger partial charge in [0, 0.05) is 18.4 Å². The number of carbonyl (C=O) groups is 2. The molecular weight excluding hydrogens is 462 g/mol. The van der Waals surface area contributed by atoms with E-state index in [1.54, 1.807) is 72.1 Å². The standard InChI is InChI=1S/C23H19N3O5S2/c1-26(18-6-3-2-4-7-18)33(29,30)20-13-15-32-21(20)23(28)25-17-11-9-16(10-12-17)24-22(27)19-8-5-14-31-19/h2-15H,1H3,(H,24,27)(H,25,28). The minimum Gasteiger partial charge on any atom is -0.459 e. The van der Waals surface area contributed by atoms with Gasteiger partial charge >= 0.3 is 0 Å². The molecule has 168 valence electrons. The van der Waals surface area contributed by atoms with E-state index in [-0.39, 0.29) is 15.5 Å². The van der Waals surface area contributed by atoms with E-state index in [9.17, 15) is 18.0 Å². The first-order valence-corrected chi connectivity index (χ1v) is 12.1. The van der Waals surface area contributed by atoms with Crippen molar-refractivity contribution >= 4 is 50.2 Å². The lowest BCUT2D eigenvalue weighted by Gasteiger charge is -2.19. The van der Waals surface area contributed by atoms with Crippen LogP contribution in [0.2, 0.25) is 0 Å². The van der Waals surface area contributed by atoms with Gasteiger partial charge in [-0.15, -0.1) is 11.3 Å². The third-order valence-corrected chi connectivity index (χ3v) is 7.61. The number of nitrogens with zero attached hydrogens (tertiary/aromatic N) is 1. The fraction of sp³-hybridized carbons (Fsp3) is 0.0435. The molecular formula is C23H19N3O5S2. The zero-order valence-electron chi connectivity index (χ0n) is 17.4. The summed E-state index contributed by atoms with van der Waals surface area (Å²) in [5.74, 6) is -0.760. The Labute approximate surface area is 194 Å². The van der Waals surface area contributed by atoms with Crippen LogP contribution >= 0.6 is 11.3 Å².